The van der Waals surface area contributed by atoms with Gasteiger partial charge in [0.15, 0.2) is 0 Å². The Morgan fingerprint density at radius 1 is 0.857 bits per heavy atom. The van der Waals surface area contributed by atoms with Crippen LogP contribution in [0.15, 0.2) is 0 Å². The van der Waals surface area contributed by atoms with Gasteiger partial charge in [0.25, 0.3) is 0 Å². The lowest BCUT2D eigenvalue weighted by Gasteiger charge is -2.05. The zero-order valence-electron chi connectivity index (χ0n) is 8.78. The number of alkyl halides is 3. The van der Waals surface area contributed by atoms with Gasteiger partial charge in [-0.25, -0.2) is 0 Å². The molecule has 0 aliphatic carbocycles. The maximum absolute atomic E-state index is 5.61. The maximum atomic E-state index is 5.61. The largest absolute Gasteiger partial charge is 0.127 e. The molecule has 1 atom stereocenters. The summed E-state index contributed by atoms with van der Waals surface area (Å²) in [5, 5.41) is 1.07. The van der Waals surface area contributed by atoms with E-state index in [1.807, 2.05) is 0 Å². The van der Waals surface area contributed by atoms with E-state index in [-0.39, 0.29) is 0 Å². The molecule has 0 fully saturated rings. The van der Waals surface area contributed by atoms with Gasteiger partial charge < -0.3 is 0 Å². The molecule has 0 heterocycles. The van der Waals surface area contributed by atoms with Crippen LogP contribution in [0.2, 0.25) is 0 Å². The van der Waals surface area contributed by atoms with Gasteiger partial charge in [-0.2, -0.15) is 0 Å². The van der Waals surface area contributed by atoms with Crippen LogP contribution in [0.4, 0.5) is 0 Å². The van der Waals surface area contributed by atoms with Crippen molar-refractivity contribution in [2.24, 2.45) is 0 Å². The van der Waals surface area contributed by atoms with Crippen molar-refractivity contribution in [3.05, 3.63) is 0 Å². The van der Waals surface area contributed by atoms with Crippen molar-refractivity contribution >= 4 is 43.5 Å². The Hall–Kier alpha value is 1.25. The third-order valence-corrected chi connectivity index (χ3v) is 5.02. The number of halogens is 3. The molecule has 86 valence electrons. The molecule has 0 nitrogen and oxygen atoms in total. The van der Waals surface area contributed by atoms with Crippen molar-refractivity contribution in [2.45, 2.75) is 56.2 Å². The summed E-state index contributed by atoms with van der Waals surface area (Å²) in [6, 6.07) is 0. The van der Waals surface area contributed by atoms with Crippen LogP contribution in [0.3, 0.4) is 0 Å². The first-order chi connectivity index (χ1) is 6.81. The van der Waals surface area contributed by atoms with Crippen LogP contribution in [0, 0.1) is 0 Å². The molecule has 0 bridgehead atoms. The quantitative estimate of drug-likeness (QED) is 0.361. The molecule has 14 heavy (non-hydrogen) atoms. The van der Waals surface area contributed by atoms with Gasteiger partial charge in [0.05, 0.1) is 0 Å². The van der Waals surface area contributed by atoms with Crippen molar-refractivity contribution in [3.8, 4) is 0 Å². The van der Waals surface area contributed by atoms with Gasteiger partial charge in [0, 0.05) is 16.0 Å². The topological polar surface area (TPSA) is 0 Å². The molecule has 0 aromatic rings. The van der Waals surface area contributed by atoms with Gasteiger partial charge in [-0.3, -0.25) is 0 Å². The fraction of sp³-hybridized carbons (Fsp3) is 1.00. The fourth-order valence-corrected chi connectivity index (χ4v) is 2.26. The predicted molar refractivity (Wildman–Crippen MR) is 74.2 cm³/mol. The molecule has 3 heteroatoms. The minimum Gasteiger partial charge on any atom is -0.127 e. The first-order valence-corrected chi connectivity index (χ1v) is 8.14. The van der Waals surface area contributed by atoms with E-state index >= 15 is 0 Å². The van der Waals surface area contributed by atoms with Crippen molar-refractivity contribution in [3.63, 3.8) is 0 Å². The van der Waals surface area contributed by atoms with Crippen LogP contribution in [0.1, 0.15) is 51.4 Å². The van der Waals surface area contributed by atoms with E-state index < -0.39 is 0 Å². The highest BCUT2D eigenvalue weighted by molar-refractivity contribution is 9.12. The molecule has 0 saturated heterocycles. The Kier molecular flexibility index (Phi) is 13.4. The van der Waals surface area contributed by atoms with E-state index in [1.165, 1.54) is 51.4 Å². The molecule has 0 N–H and O–H groups in total. The molecule has 0 aliphatic rings. The molecule has 0 aromatic carbocycles. The standard InChI is InChI=1S/C11H21Br2Cl/c12-10-11(13)8-6-4-2-1-3-5-7-9-14/h11H,1-10H2. The van der Waals surface area contributed by atoms with Gasteiger partial charge in [-0.15, -0.1) is 11.6 Å². The fourth-order valence-electron chi connectivity index (χ4n) is 1.42. The number of rotatable bonds is 10. The normalized spacial score (nSPS) is 13.1. The lowest BCUT2D eigenvalue weighted by atomic mass is 10.1. The van der Waals surface area contributed by atoms with Crippen LogP contribution in [0.25, 0.3) is 0 Å². The van der Waals surface area contributed by atoms with E-state index in [9.17, 15) is 0 Å². The lowest BCUT2D eigenvalue weighted by molar-refractivity contribution is 0.578. The van der Waals surface area contributed by atoms with Crippen LogP contribution in [-0.4, -0.2) is 16.0 Å². The van der Waals surface area contributed by atoms with Gasteiger partial charge in [0.2, 0.25) is 0 Å². The van der Waals surface area contributed by atoms with Crippen molar-refractivity contribution < 1.29 is 0 Å². The Balaban J connectivity index is 2.92. The summed E-state index contributed by atoms with van der Waals surface area (Å²) in [6.45, 7) is 0. The van der Waals surface area contributed by atoms with Crippen LogP contribution in [0.5, 0.6) is 0 Å². The average Bonchev–Trinajstić information content (AvgIpc) is 2.21. The highest BCUT2D eigenvalue weighted by Crippen LogP contribution is 2.15. The summed E-state index contributed by atoms with van der Waals surface area (Å²) in [5.74, 6) is 0.830. The third-order valence-electron chi connectivity index (χ3n) is 2.32. The summed E-state index contributed by atoms with van der Waals surface area (Å²) in [6.07, 6.45) is 10.7. The van der Waals surface area contributed by atoms with Gasteiger partial charge in [-0.1, -0.05) is 70.4 Å². The van der Waals surface area contributed by atoms with Crippen molar-refractivity contribution in [2.75, 3.05) is 11.2 Å². The molecular formula is C11H21Br2Cl. The molecule has 0 aliphatic heterocycles. The smallest absolute Gasteiger partial charge is 0.0242 e. The second-order valence-electron chi connectivity index (χ2n) is 3.70. The monoisotopic (exact) mass is 346 g/mol. The molecule has 0 spiro atoms. The van der Waals surface area contributed by atoms with E-state index in [2.05, 4.69) is 31.9 Å². The highest BCUT2D eigenvalue weighted by atomic mass is 79.9. The SMILES string of the molecule is ClCCCCCCCCCC(Br)CBr. The number of hydrogen-bond donors (Lipinski definition) is 0. The van der Waals surface area contributed by atoms with Crippen LogP contribution < -0.4 is 0 Å². The number of hydrogen-bond acceptors (Lipinski definition) is 0. The summed E-state index contributed by atoms with van der Waals surface area (Å²) in [5.41, 5.74) is 0. The summed E-state index contributed by atoms with van der Waals surface area (Å²) in [4.78, 5) is 0.666. The second-order valence-corrected chi connectivity index (χ2v) is 6.02. The predicted octanol–water partition coefficient (Wildman–Crippen LogP) is 5.50. The highest BCUT2D eigenvalue weighted by Gasteiger charge is 2.00. The molecule has 0 saturated carbocycles. The summed E-state index contributed by atoms with van der Waals surface area (Å²) in [7, 11) is 0. The lowest BCUT2D eigenvalue weighted by Crippen LogP contribution is -1.97. The molecule has 0 rings (SSSR count). The first-order valence-electron chi connectivity index (χ1n) is 5.57. The Morgan fingerprint density at radius 2 is 1.36 bits per heavy atom. The van der Waals surface area contributed by atoms with Gasteiger partial charge in [0.1, 0.15) is 0 Å². The summed E-state index contributed by atoms with van der Waals surface area (Å²) >= 11 is 12.7. The van der Waals surface area contributed by atoms with Gasteiger partial charge >= 0.3 is 0 Å². The van der Waals surface area contributed by atoms with E-state index in [0.29, 0.717) is 4.83 Å². The summed E-state index contributed by atoms with van der Waals surface area (Å²) < 4.78 is 0. The van der Waals surface area contributed by atoms with Gasteiger partial charge in [-0.05, 0) is 12.8 Å². The Labute approximate surface area is 110 Å². The average molecular weight is 349 g/mol. The second kappa shape index (κ2) is 12.3. The minimum absolute atomic E-state index is 0.666. The van der Waals surface area contributed by atoms with E-state index in [1.54, 1.807) is 0 Å². The molecule has 0 radical (unpaired) electrons. The van der Waals surface area contributed by atoms with Crippen LogP contribution in [-0.2, 0) is 0 Å². The third kappa shape index (κ3) is 11.3. The molecule has 0 amide bonds. The van der Waals surface area contributed by atoms with E-state index in [4.69, 9.17) is 11.6 Å². The molecule has 0 aromatic heterocycles. The Morgan fingerprint density at radius 3 is 1.86 bits per heavy atom. The molecule has 1 unspecified atom stereocenters. The van der Waals surface area contributed by atoms with Crippen molar-refractivity contribution in [1.29, 1.82) is 0 Å². The minimum atomic E-state index is 0.666. The zero-order chi connectivity index (χ0) is 10.6. The Bertz CT molecular complexity index is 109. The maximum Gasteiger partial charge on any atom is 0.0242 e. The van der Waals surface area contributed by atoms with Crippen LogP contribution >= 0.6 is 43.5 Å². The van der Waals surface area contributed by atoms with Crippen molar-refractivity contribution in [1.82, 2.24) is 0 Å². The number of unbranched alkanes of at least 4 members (excludes halogenated alkanes) is 6. The zero-order valence-corrected chi connectivity index (χ0v) is 12.7. The van der Waals surface area contributed by atoms with E-state index in [0.717, 1.165) is 11.2 Å². The first kappa shape index (κ1) is 15.2. The molecular weight excluding hydrogens is 327 g/mol.